The molecule has 3 aromatic rings. The first-order chi connectivity index (χ1) is 14.8. The molecular weight excluding hydrogens is 417 g/mol. The Labute approximate surface area is 181 Å². The zero-order chi connectivity index (χ0) is 22.2. The molecule has 0 bridgehead atoms. The van der Waals surface area contributed by atoms with Gasteiger partial charge in [-0.25, -0.2) is 12.8 Å². The highest BCUT2D eigenvalue weighted by Gasteiger charge is 2.22. The minimum absolute atomic E-state index is 0.0298. The number of halogens is 1. The van der Waals surface area contributed by atoms with E-state index in [1.54, 1.807) is 38.4 Å². The molecule has 1 aromatic heterocycles. The summed E-state index contributed by atoms with van der Waals surface area (Å²) in [5, 5.41) is 0.802. The van der Waals surface area contributed by atoms with Gasteiger partial charge in [0.15, 0.2) is 9.84 Å². The van der Waals surface area contributed by atoms with Crippen molar-refractivity contribution in [2.24, 2.45) is 7.05 Å². The highest BCUT2D eigenvalue weighted by atomic mass is 32.2. The third-order valence-electron chi connectivity index (χ3n) is 5.97. The normalized spacial score (nSPS) is 15.3. The average molecular weight is 444 g/mol. The van der Waals surface area contributed by atoms with Crippen molar-refractivity contribution in [2.45, 2.75) is 50.0 Å². The predicted molar refractivity (Wildman–Crippen MR) is 120 cm³/mol. The van der Waals surface area contributed by atoms with Gasteiger partial charge in [0.25, 0.3) is 5.56 Å². The summed E-state index contributed by atoms with van der Waals surface area (Å²) < 4.78 is 47.0. The van der Waals surface area contributed by atoms with E-state index in [0.29, 0.717) is 27.6 Å². The van der Waals surface area contributed by atoms with Gasteiger partial charge in [0.05, 0.1) is 16.8 Å². The summed E-state index contributed by atoms with van der Waals surface area (Å²) in [6.45, 7) is 1.60. The van der Waals surface area contributed by atoms with E-state index < -0.39 is 15.7 Å². The van der Waals surface area contributed by atoms with Crippen molar-refractivity contribution in [3.63, 3.8) is 0 Å². The lowest BCUT2D eigenvalue weighted by molar-refractivity contribution is 0.155. The van der Waals surface area contributed by atoms with Crippen LogP contribution in [0.3, 0.4) is 0 Å². The van der Waals surface area contributed by atoms with Gasteiger partial charge in [-0.2, -0.15) is 0 Å². The molecular formula is C24H26FNO4S. The number of hydrogen-bond donors (Lipinski definition) is 0. The highest BCUT2D eigenvalue weighted by molar-refractivity contribution is 7.91. The molecule has 0 N–H and O–H groups in total. The van der Waals surface area contributed by atoms with Gasteiger partial charge in [-0.15, -0.1) is 0 Å². The predicted octanol–water partition coefficient (Wildman–Crippen LogP) is 4.85. The third kappa shape index (κ3) is 4.24. The Hall–Kier alpha value is -2.67. The Morgan fingerprint density at radius 2 is 1.77 bits per heavy atom. The molecule has 1 fully saturated rings. The minimum Gasteiger partial charge on any atom is -0.490 e. The fourth-order valence-corrected chi connectivity index (χ4v) is 5.10. The molecule has 5 nitrogen and oxygen atoms in total. The largest absolute Gasteiger partial charge is 0.490 e. The smallest absolute Gasteiger partial charge is 0.258 e. The minimum atomic E-state index is -3.46. The number of nitrogens with zero attached hydrogens (tertiary/aromatic N) is 1. The number of pyridine rings is 1. The lowest BCUT2D eigenvalue weighted by Crippen LogP contribution is -2.20. The second-order valence-electron chi connectivity index (χ2n) is 8.09. The van der Waals surface area contributed by atoms with E-state index in [-0.39, 0.29) is 22.3 Å². The molecule has 2 aromatic carbocycles. The summed E-state index contributed by atoms with van der Waals surface area (Å²) in [6.07, 6.45) is 6.93. The van der Waals surface area contributed by atoms with Gasteiger partial charge in [-0.1, -0.05) is 13.3 Å². The van der Waals surface area contributed by atoms with Crippen molar-refractivity contribution in [2.75, 3.05) is 5.75 Å². The van der Waals surface area contributed by atoms with Crippen LogP contribution in [-0.2, 0) is 16.9 Å². The monoisotopic (exact) mass is 443 g/mol. The van der Waals surface area contributed by atoms with E-state index in [2.05, 4.69) is 0 Å². The lowest BCUT2D eigenvalue weighted by Gasteiger charge is -2.25. The van der Waals surface area contributed by atoms with E-state index in [0.717, 1.165) is 25.7 Å². The van der Waals surface area contributed by atoms with E-state index in [1.807, 2.05) is 0 Å². The Morgan fingerprint density at radius 3 is 2.48 bits per heavy atom. The maximum atomic E-state index is 14.1. The van der Waals surface area contributed by atoms with Crippen molar-refractivity contribution >= 4 is 20.6 Å². The first-order valence-corrected chi connectivity index (χ1v) is 12.3. The number of ether oxygens (including phenoxy) is 1. The molecule has 0 saturated heterocycles. The van der Waals surface area contributed by atoms with Crippen molar-refractivity contribution in [1.82, 2.24) is 4.57 Å². The van der Waals surface area contributed by atoms with Gasteiger partial charge in [0.1, 0.15) is 11.6 Å². The molecule has 0 radical (unpaired) electrons. The van der Waals surface area contributed by atoms with E-state index in [9.17, 15) is 17.6 Å². The molecule has 31 heavy (non-hydrogen) atoms. The lowest BCUT2D eigenvalue weighted by atomic mass is 9.97. The van der Waals surface area contributed by atoms with Gasteiger partial charge in [-0.05, 0) is 67.5 Å². The Kier molecular flexibility index (Phi) is 5.88. The van der Waals surface area contributed by atoms with E-state index in [4.69, 9.17) is 4.74 Å². The van der Waals surface area contributed by atoms with Gasteiger partial charge in [0.2, 0.25) is 0 Å². The molecule has 0 atom stereocenters. The van der Waals surface area contributed by atoms with Gasteiger partial charge >= 0.3 is 0 Å². The molecule has 0 unspecified atom stereocenters. The van der Waals surface area contributed by atoms with Crippen molar-refractivity contribution in [1.29, 1.82) is 0 Å². The molecule has 0 amide bonds. The summed E-state index contributed by atoms with van der Waals surface area (Å²) >= 11 is 0. The molecule has 1 aliphatic rings. The van der Waals surface area contributed by atoms with E-state index >= 15 is 0 Å². The van der Waals surface area contributed by atoms with Crippen LogP contribution >= 0.6 is 0 Å². The third-order valence-corrected chi connectivity index (χ3v) is 7.70. The van der Waals surface area contributed by atoms with Crippen LogP contribution in [0.2, 0.25) is 0 Å². The van der Waals surface area contributed by atoms with Crippen LogP contribution in [0.5, 0.6) is 5.75 Å². The number of hydrogen-bond acceptors (Lipinski definition) is 4. The molecule has 1 heterocycles. The van der Waals surface area contributed by atoms with Crippen LogP contribution in [0.25, 0.3) is 21.9 Å². The first-order valence-electron chi connectivity index (χ1n) is 10.6. The number of fused-ring (bicyclic) bond motifs is 1. The zero-order valence-electron chi connectivity index (χ0n) is 17.7. The molecule has 4 rings (SSSR count). The Morgan fingerprint density at radius 1 is 1.03 bits per heavy atom. The van der Waals surface area contributed by atoms with Gasteiger partial charge < -0.3 is 9.30 Å². The first kappa shape index (κ1) is 21.6. The standard InChI is InChI=1S/C24H26FNO4S/c1-3-31(28,29)18-10-12-23(30-17-7-5-4-6-8-17)21(14-18)22-15-26(2)24(27)19-11-9-16(25)13-20(19)22/h9-15,17H,3-8H2,1-2H3. The van der Waals surface area contributed by atoms with Crippen LogP contribution in [0.1, 0.15) is 39.0 Å². The summed E-state index contributed by atoms with van der Waals surface area (Å²) in [6, 6.07) is 8.86. The maximum Gasteiger partial charge on any atom is 0.258 e. The number of rotatable bonds is 5. The van der Waals surface area contributed by atoms with E-state index in [1.165, 1.54) is 29.2 Å². The summed E-state index contributed by atoms with van der Waals surface area (Å²) in [5.41, 5.74) is 0.868. The highest BCUT2D eigenvalue weighted by Crippen LogP contribution is 2.38. The molecule has 164 valence electrons. The second kappa shape index (κ2) is 8.46. The SMILES string of the molecule is CCS(=O)(=O)c1ccc(OC2CCCCC2)c(-c2cn(C)c(=O)c3ccc(F)cc23)c1. The molecule has 0 aliphatic heterocycles. The quantitative estimate of drug-likeness (QED) is 0.565. The topological polar surface area (TPSA) is 65.4 Å². The molecule has 1 aliphatic carbocycles. The Bertz CT molecular complexity index is 1290. The second-order valence-corrected chi connectivity index (χ2v) is 10.4. The number of sulfone groups is 1. The summed E-state index contributed by atoms with van der Waals surface area (Å²) in [7, 11) is -1.83. The average Bonchev–Trinajstić information content (AvgIpc) is 2.77. The Balaban J connectivity index is 1.97. The van der Waals surface area contributed by atoms with Crippen molar-refractivity contribution in [3.8, 4) is 16.9 Å². The fourth-order valence-electron chi connectivity index (χ4n) is 4.20. The maximum absolute atomic E-state index is 14.1. The fraction of sp³-hybridized carbons (Fsp3) is 0.375. The number of benzene rings is 2. The van der Waals surface area contributed by atoms with Gasteiger partial charge in [-0.3, -0.25) is 4.79 Å². The number of aromatic nitrogens is 1. The van der Waals surface area contributed by atoms with Crippen molar-refractivity contribution in [3.05, 3.63) is 58.8 Å². The van der Waals surface area contributed by atoms with Gasteiger partial charge in [0, 0.05) is 29.8 Å². The number of aryl methyl sites for hydroxylation is 1. The summed E-state index contributed by atoms with van der Waals surface area (Å²) in [4.78, 5) is 12.8. The summed E-state index contributed by atoms with van der Waals surface area (Å²) in [5.74, 6) is 0.0537. The van der Waals surface area contributed by atoms with Crippen LogP contribution in [-0.4, -0.2) is 24.8 Å². The molecule has 0 spiro atoms. The molecule has 1 saturated carbocycles. The molecule has 7 heteroatoms. The van der Waals surface area contributed by atoms with Crippen LogP contribution in [0, 0.1) is 5.82 Å². The van der Waals surface area contributed by atoms with Crippen molar-refractivity contribution < 1.29 is 17.5 Å². The van der Waals surface area contributed by atoms with Crippen LogP contribution < -0.4 is 10.3 Å². The zero-order valence-corrected chi connectivity index (χ0v) is 18.5. The van der Waals surface area contributed by atoms with Crippen LogP contribution in [0.4, 0.5) is 4.39 Å². The van der Waals surface area contributed by atoms with Crippen LogP contribution in [0.15, 0.2) is 52.3 Å².